The van der Waals surface area contributed by atoms with Gasteiger partial charge in [0.05, 0.1) is 18.7 Å². The highest BCUT2D eigenvalue weighted by atomic mass is 35.5. The van der Waals surface area contributed by atoms with Crippen LogP contribution in [-0.2, 0) is 4.74 Å². The molecule has 1 heterocycles. The summed E-state index contributed by atoms with van der Waals surface area (Å²) in [5.74, 6) is 1.24. The maximum Gasteiger partial charge on any atom is 0.137 e. The number of benzene rings is 1. The van der Waals surface area contributed by atoms with Gasteiger partial charge >= 0.3 is 0 Å². The van der Waals surface area contributed by atoms with Crippen LogP contribution >= 0.6 is 11.6 Å². The third-order valence-corrected chi connectivity index (χ3v) is 3.59. The second kappa shape index (κ2) is 5.71. The van der Waals surface area contributed by atoms with Crippen LogP contribution in [0, 0.1) is 5.92 Å². The summed E-state index contributed by atoms with van der Waals surface area (Å²) in [6.07, 6.45) is 1.09. The topological polar surface area (TPSA) is 30.5 Å². The molecule has 4 heteroatoms. The molecule has 0 spiro atoms. The van der Waals surface area contributed by atoms with Crippen LogP contribution in [0.5, 0.6) is 5.75 Å². The Hall–Kier alpha value is -0.770. The zero-order valence-corrected chi connectivity index (χ0v) is 11.0. The van der Waals surface area contributed by atoms with E-state index in [0.717, 1.165) is 25.4 Å². The monoisotopic (exact) mass is 255 g/mol. The first-order chi connectivity index (χ1) is 8.26. The molecule has 0 saturated carbocycles. The molecule has 3 nitrogen and oxygen atoms in total. The van der Waals surface area contributed by atoms with Crippen LogP contribution in [0.2, 0.25) is 5.02 Å². The third kappa shape index (κ3) is 2.73. The van der Waals surface area contributed by atoms with E-state index in [4.69, 9.17) is 21.1 Å². The smallest absolute Gasteiger partial charge is 0.137 e. The molecule has 0 bridgehead atoms. The first-order valence-electron chi connectivity index (χ1n) is 5.84. The first kappa shape index (κ1) is 12.7. The summed E-state index contributed by atoms with van der Waals surface area (Å²) in [5, 5.41) is 4.00. The van der Waals surface area contributed by atoms with E-state index in [9.17, 15) is 0 Å². The van der Waals surface area contributed by atoms with E-state index in [1.54, 1.807) is 7.11 Å². The predicted octanol–water partition coefficient (Wildman–Crippen LogP) is 2.65. The normalized spacial score (nSPS) is 21.5. The Labute approximate surface area is 107 Å². The fourth-order valence-electron chi connectivity index (χ4n) is 2.36. The van der Waals surface area contributed by atoms with Crippen molar-refractivity contribution in [3.8, 4) is 5.75 Å². The average molecular weight is 256 g/mol. The molecule has 0 aliphatic carbocycles. The van der Waals surface area contributed by atoms with Gasteiger partial charge in [-0.15, -0.1) is 0 Å². The summed E-state index contributed by atoms with van der Waals surface area (Å²) in [7, 11) is 3.61. The molecule has 0 aromatic heterocycles. The van der Waals surface area contributed by atoms with Gasteiger partial charge < -0.3 is 14.8 Å². The molecule has 1 saturated heterocycles. The number of methoxy groups -OCH3 is 1. The SMILES string of the molecule is CNC(c1ccc(Cl)c(OC)c1)C1CCOC1. The molecule has 1 aliphatic heterocycles. The fraction of sp³-hybridized carbons (Fsp3) is 0.538. The van der Waals surface area contributed by atoms with Gasteiger partial charge in [-0.3, -0.25) is 0 Å². The lowest BCUT2D eigenvalue weighted by molar-refractivity contribution is 0.177. The van der Waals surface area contributed by atoms with E-state index in [-0.39, 0.29) is 0 Å². The van der Waals surface area contributed by atoms with Crippen LogP contribution < -0.4 is 10.1 Å². The fourth-order valence-corrected chi connectivity index (χ4v) is 2.55. The van der Waals surface area contributed by atoms with Gasteiger partial charge in [0.25, 0.3) is 0 Å². The minimum Gasteiger partial charge on any atom is -0.495 e. The van der Waals surface area contributed by atoms with E-state index in [1.807, 2.05) is 25.2 Å². The van der Waals surface area contributed by atoms with Crippen molar-refractivity contribution in [1.82, 2.24) is 5.32 Å². The molecule has 17 heavy (non-hydrogen) atoms. The zero-order valence-electron chi connectivity index (χ0n) is 10.2. The van der Waals surface area contributed by atoms with E-state index in [1.165, 1.54) is 5.56 Å². The highest BCUT2D eigenvalue weighted by Gasteiger charge is 2.26. The minimum atomic E-state index is 0.295. The van der Waals surface area contributed by atoms with Gasteiger partial charge in [-0.25, -0.2) is 0 Å². The number of nitrogens with one attached hydrogen (secondary N) is 1. The molecule has 2 unspecified atom stereocenters. The first-order valence-corrected chi connectivity index (χ1v) is 6.22. The minimum absolute atomic E-state index is 0.295. The molecule has 1 aromatic rings. The summed E-state index contributed by atoms with van der Waals surface area (Å²) >= 11 is 6.03. The molecular weight excluding hydrogens is 238 g/mol. The van der Waals surface area contributed by atoms with Crippen LogP contribution in [0.15, 0.2) is 18.2 Å². The second-order valence-corrected chi connectivity index (χ2v) is 4.69. The predicted molar refractivity (Wildman–Crippen MR) is 68.7 cm³/mol. The summed E-state index contributed by atoms with van der Waals surface area (Å²) in [6, 6.07) is 6.23. The molecule has 1 N–H and O–H groups in total. The quantitative estimate of drug-likeness (QED) is 0.897. The van der Waals surface area contributed by atoms with Crippen molar-refractivity contribution in [3.63, 3.8) is 0 Å². The van der Waals surface area contributed by atoms with Gasteiger partial charge in [0.2, 0.25) is 0 Å². The van der Waals surface area contributed by atoms with Crippen molar-refractivity contribution in [2.45, 2.75) is 12.5 Å². The third-order valence-electron chi connectivity index (χ3n) is 3.28. The molecule has 0 radical (unpaired) electrons. The highest BCUT2D eigenvalue weighted by Crippen LogP contribution is 2.33. The number of ether oxygens (including phenoxy) is 2. The van der Waals surface area contributed by atoms with E-state index in [2.05, 4.69) is 5.32 Å². The molecule has 2 rings (SSSR count). The summed E-state index contributed by atoms with van der Waals surface area (Å²) in [5.41, 5.74) is 1.20. The van der Waals surface area contributed by atoms with Crippen molar-refractivity contribution in [2.24, 2.45) is 5.92 Å². The highest BCUT2D eigenvalue weighted by molar-refractivity contribution is 6.32. The zero-order chi connectivity index (χ0) is 12.3. The number of hydrogen-bond acceptors (Lipinski definition) is 3. The van der Waals surface area contributed by atoms with Gasteiger partial charge in [0.15, 0.2) is 0 Å². The molecule has 0 amide bonds. The Morgan fingerprint density at radius 2 is 2.35 bits per heavy atom. The Bertz CT molecular complexity index is 378. The Morgan fingerprint density at radius 1 is 1.53 bits per heavy atom. The van der Waals surface area contributed by atoms with Crippen molar-refractivity contribution in [3.05, 3.63) is 28.8 Å². The average Bonchev–Trinajstić information content (AvgIpc) is 2.86. The molecule has 2 atom stereocenters. The van der Waals surface area contributed by atoms with E-state index >= 15 is 0 Å². The molecule has 1 fully saturated rings. The summed E-state index contributed by atoms with van der Waals surface area (Å²) in [6.45, 7) is 1.67. The second-order valence-electron chi connectivity index (χ2n) is 4.28. The number of rotatable bonds is 4. The van der Waals surface area contributed by atoms with Crippen molar-refractivity contribution in [1.29, 1.82) is 0 Å². The van der Waals surface area contributed by atoms with Gasteiger partial charge in [-0.1, -0.05) is 17.7 Å². The van der Waals surface area contributed by atoms with E-state index < -0.39 is 0 Å². The van der Waals surface area contributed by atoms with Gasteiger partial charge in [-0.05, 0) is 31.2 Å². The maximum absolute atomic E-state index is 6.03. The molecule has 1 aromatic carbocycles. The van der Waals surface area contributed by atoms with Crippen LogP contribution in [0.25, 0.3) is 0 Å². The summed E-state index contributed by atoms with van der Waals surface area (Å²) < 4.78 is 10.7. The largest absolute Gasteiger partial charge is 0.495 e. The molecule has 94 valence electrons. The molecule has 1 aliphatic rings. The lowest BCUT2D eigenvalue weighted by Crippen LogP contribution is -2.25. The maximum atomic E-state index is 6.03. The Balaban J connectivity index is 2.23. The van der Waals surface area contributed by atoms with Crippen molar-refractivity contribution in [2.75, 3.05) is 27.4 Å². The van der Waals surface area contributed by atoms with Crippen LogP contribution in [0.3, 0.4) is 0 Å². The van der Waals surface area contributed by atoms with Crippen molar-refractivity contribution >= 4 is 11.6 Å². The Morgan fingerprint density at radius 3 is 2.94 bits per heavy atom. The standard InChI is InChI=1S/C13H18ClNO2/c1-15-13(10-5-6-17-8-10)9-3-4-11(14)12(7-9)16-2/h3-4,7,10,13,15H,5-6,8H2,1-2H3. The van der Waals surface area contributed by atoms with Gasteiger partial charge in [0.1, 0.15) is 5.75 Å². The number of halogens is 1. The van der Waals surface area contributed by atoms with Crippen LogP contribution in [0.4, 0.5) is 0 Å². The van der Waals surface area contributed by atoms with Gasteiger partial charge in [0, 0.05) is 18.6 Å². The lowest BCUT2D eigenvalue weighted by Gasteiger charge is -2.23. The van der Waals surface area contributed by atoms with Crippen LogP contribution in [0.1, 0.15) is 18.0 Å². The van der Waals surface area contributed by atoms with Crippen LogP contribution in [-0.4, -0.2) is 27.4 Å². The molecular formula is C13H18ClNO2. The Kier molecular flexibility index (Phi) is 4.26. The van der Waals surface area contributed by atoms with E-state index in [0.29, 0.717) is 17.0 Å². The number of hydrogen-bond donors (Lipinski definition) is 1. The van der Waals surface area contributed by atoms with Gasteiger partial charge in [-0.2, -0.15) is 0 Å². The van der Waals surface area contributed by atoms with Crippen molar-refractivity contribution < 1.29 is 9.47 Å². The summed E-state index contributed by atoms with van der Waals surface area (Å²) in [4.78, 5) is 0. The lowest BCUT2D eigenvalue weighted by atomic mass is 9.92.